The van der Waals surface area contributed by atoms with Gasteiger partial charge in [0.25, 0.3) is 5.91 Å². The van der Waals surface area contributed by atoms with Gasteiger partial charge >= 0.3 is 6.03 Å². The lowest BCUT2D eigenvalue weighted by molar-refractivity contribution is 0.0958. The zero-order valence-corrected chi connectivity index (χ0v) is 10.8. The molecule has 1 aromatic heterocycles. The fraction of sp³-hybridized carbons (Fsp3) is 0.0769. The Labute approximate surface area is 115 Å². The van der Waals surface area contributed by atoms with Gasteiger partial charge in [0.2, 0.25) is 0 Å². The summed E-state index contributed by atoms with van der Waals surface area (Å²) in [5, 5.41) is 4.95. The van der Waals surface area contributed by atoms with E-state index in [1.165, 1.54) is 0 Å². The number of primary amides is 1. The molecule has 0 saturated heterocycles. The minimum absolute atomic E-state index is 0.221. The lowest BCUT2D eigenvalue weighted by Gasteiger charge is -2.05. The molecule has 1 aromatic carbocycles. The van der Waals surface area contributed by atoms with Crippen molar-refractivity contribution in [2.45, 2.75) is 0 Å². The van der Waals surface area contributed by atoms with Gasteiger partial charge in [0, 0.05) is 25.0 Å². The minimum atomic E-state index is -0.625. The van der Waals surface area contributed by atoms with E-state index in [9.17, 15) is 9.59 Å². The Kier molecular flexibility index (Phi) is 3.90. The molecule has 0 radical (unpaired) electrons. The van der Waals surface area contributed by atoms with Gasteiger partial charge in [-0.1, -0.05) is 0 Å². The van der Waals surface area contributed by atoms with E-state index in [2.05, 4.69) is 15.6 Å². The van der Waals surface area contributed by atoms with Crippen molar-refractivity contribution < 1.29 is 14.3 Å². The summed E-state index contributed by atoms with van der Waals surface area (Å²) >= 11 is 0. The third kappa shape index (κ3) is 3.29. The number of ether oxygens (including phenoxy) is 1. The van der Waals surface area contributed by atoms with E-state index in [-0.39, 0.29) is 5.91 Å². The quantitative estimate of drug-likeness (QED) is 0.680. The SMILES string of the molecule is CNC(=O)c1cc(Oc2ccc(NC(N)=O)cc2)c[nH]1. The van der Waals surface area contributed by atoms with Gasteiger partial charge < -0.3 is 26.1 Å². The van der Waals surface area contributed by atoms with Gasteiger partial charge in [-0.25, -0.2) is 4.79 Å². The van der Waals surface area contributed by atoms with Gasteiger partial charge in [0.1, 0.15) is 17.2 Å². The summed E-state index contributed by atoms with van der Waals surface area (Å²) in [6.07, 6.45) is 1.58. The van der Waals surface area contributed by atoms with Gasteiger partial charge in [0.05, 0.1) is 0 Å². The number of hydrogen-bond donors (Lipinski definition) is 4. The maximum Gasteiger partial charge on any atom is 0.316 e. The predicted molar refractivity (Wildman–Crippen MR) is 73.9 cm³/mol. The zero-order valence-electron chi connectivity index (χ0n) is 10.8. The van der Waals surface area contributed by atoms with Crippen LogP contribution in [0.15, 0.2) is 36.5 Å². The van der Waals surface area contributed by atoms with E-state index in [0.29, 0.717) is 22.9 Å². The molecule has 104 valence electrons. The van der Waals surface area contributed by atoms with Crippen molar-refractivity contribution in [2.24, 2.45) is 5.73 Å². The Morgan fingerprint density at radius 3 is 2.50 bits per heavy atom. The molecule has 2 aromatic rings. The van der Waals surface area contributed by atoms with E-state index in [1.54, 1.807) is 43.6 Å². The lowest BCUT2D eigenvalue weighted by atomic mass is 10.3. The van der Waals surface area contributed by atoms with Gasteiger partial charge in [-0.15, -0.1) is 0 Å². The lowest BCUT2D eigenvalue weighted by Crippen LogP contribution is -2.19. The van der Waals surface area contributed by atoms with E-state index >= 15 is 0 Å². The minimum Gasteiger partial charge on any atom is -0.456 e. The number of nitrogens with one attached hydrogen (secondary N) is 3. The molecular formula is C13H14N4O3. The van der Waals surface area contributed by atoms with Gasteiger partial charge in [-0.05, 0) is 24.3 Å². The van der Waals surface area contributed by atoms with Crippen LogP contribution < -0.4 is 21.1 Å². The number of H-pyrrole nitrogens is 1. The monoisotopic (exact) mass is 274 g/mol. The maximum absolute atomic E-state index is 11.4. The number of amides is 3. The molecule has 0 saturated carbocycles. The molecule has 0 bridgehead atoms. The first-order valence-corrected chi connectivity index (χ1v) is 5.83. The Hall–Kier alpha value is -2.96. The number of aromatic nitrogens is 1. The van der Waals surface area contributed by atoms with Crippen LogP contribution in [0.3, 0.4) is 0 Å². The second kappa shape index (κ2) is 5.79. The fourth-order valence-electron chi connectivity index (χ4n) is 1.58. The van der Waals surface area contributed by atoms with Crippen molar-refractivity contribution in [3.05, 3.63) is 42.2 Å². The highest BCUT2D eigenvalue weighted by molar-refractivity contribution is 5.92. The van der Waals surface area contributed by atoms with Crippen LogP contribution in [0.4, 0.5) is 10.5 Å². The number of hydrogen-bond acceptors (Lipinski definition) is 3. The molecule has 0 fully saturated rings. The summed E-state index contributed by atoms with van der Waals surface area (Å²) in [6.45, 7) is 0. The van der Waals surface area contributed by atoms with Gasteiger partial charge in [0.15, 0.2) is 0 Å². The van der Waals surface area contributed by atoms with E-state index in [1.807, 2.05) is 0 Å². The van der Waals surface area contributed by atoms with Crippen LogP contribution in [0.5, 0.6) is 11.5 Å². The summed E-state index contributed by atoms with van der Waals surface area (Å²) in [5.74, 6) is 0.863. The molecule has 0 spiro atoms. The standard InChI is InChI=1S/C13H14N4O3/c1-15-12(18)11-6-10(7-16-11)20-9-4-2-8(3-5-9)17-13(14)19/h2-7,16H,1H3,(H,15,18)(H3,14,17,19). The second-order valence-electron chi connectivity index (χ2n) is 3.94. The van der Waals surface area contributed by atoms with Crippen molar-refractivity contribution in [2.75, 3.05) is 12.4 Å². The Morgan fingerprint density at radius 2 is 1.90 bits per heavy atom. The van der Waals surface area contributed by atoms with E-state index in [0.717, 1.165) is 0 Å². The van der Waals surface area contributed by atoms with Crippen LogP contribution in [0, 0.1) is 0 Å². The molecular weight excluding hydrogens is 260 g/mol. The van der Waals surface area contributed by atoms with E-state index < -0.39 is 6.03 Å². The number of anilines is 1. The first kappa shape index (κ1) is 13.5. The van der Waals surface area contributed by atoms with E-state index in [4.69, 9.17) is 10.5 Å². The van der Waals surface area contributed by atoms with Crippen LogP contribution in [-0.2, 0) is 0 Å². The fourth-order valence-corrected chi connectivity index (χ4v) is 1.58. The molecule has 0 aliphatic heterocycles. The smallest absolute Gasteiger partial charge is 0.316 e. The van der Waals surface area contributed by atoms with Crippen LogP contribution in [0.25, 0.3) is 0 Å². The molecule has 1 heterocycles. The number of nitrogens with two attached hydrogens (primary N) is 1. The highest BCUT2D eigenvalue weighted by atomic mass is 16.5. The van der Waals surface area contributed by atoms with Crippen LogP contribution in [0.2, 0.25) is 0 Å². The molecule has 0 aliphatic rings. The van der Waals surface area contributed by atoms with Crippen molar-refractivity contribution in [3.8, 4) is 11.5 Å². The van der Waals surface area contributed by atoms with Crippen molar-refractivity contribution >= 4 is 17.6 Å². The van der Waals surface area contributed by atoms with Crippen molar-refractivity contribution in [1.82, 2.24) is 10.3 Å². The van der Waals surface area contributed by atoms with Crippen LogP contribution >= 0.6 is 0 Å². The molecule has 7 heteroatoms. The van der Waals surface area contributed by atoms with Gasteiger partial charge in [-0.3, -0.25) is 4.79 Å². The van der Waals surface area contributed by atoms with Crippen molar-refractivity contribution in [3.63, 3.8) is 0 Å². The van der Waals surface area contributed by atoms with Crippen molar-refractivity contribution in [1.29, 1.82) is 0 Å². The highest BCUT2D eigenvalue weighted by Gasteiger charge is 2.07. The first-order chi connectivity index (χ1) is 9.58. The number of urea groups is 1. The highest BCUT2D eigenvalue weighted by Crippen LogP contribution is 2.23. The zero-order chi connectivity index (χ0) is 14.5. The molecule has 3 amide bonds. The summed E-state index contributed by atoms with van der Waals surface area (Å²) in [5.41, 5.74) is 5.99. The topological polar surface area (TPSA) is 109 Å². The van der Waals surface area contributed by atoms with Crippen LogP contribution in [-0.4, -0.2) is 24.0 Å². The third-order valence-electron chi connectivity index (χ3n) is 2.49. The number of carbonyl (C=O) groups excluding carboxylic acids is 2. The van der Waals surface area contributed by atoms with Gasteiger partial charge in [-0.2, -0.15) is 0 Å². The Bertz CT molecular complexity index is 619. The average molecular weight is 274 g/mol. The third-order valence-corrected chi connectivity index (χ3v) is 2.49. The second-order valence-corrected chi connectivity index (χ2v) is 3.94. The maximum atomic E-state index is 11.4. The first-order valence-electron chi connectivity index (χ1n) is 5.83. The largest absolute Gasteiger partial charge is 0.456 e. The Morgan fingerprint density at radius 1 is 1.20 bits per heavy atom. The summed E-state index contributed by atoms with van der Waals surface area (Å²) in [6, 6.07) is 7.64. The molecule has 20 heavy (non-hydrogen) atoms. The number of rotatable bonds is 4. The number of benzene rings is 1. The number of aromatic amines is 1. The number of carbonyl (C=O) groups is 2. The summed E-state index contributed by atoms with van der Waals surface area (Å²) < 4.78 is 5.56. The summed E-state index contributed by atoms with van der Waals surface area (Å²) in [4.78, 5) is 24.9. The normalized spacial score (nSPS) is 9.85. The molecule has 0 aliphatic carbocycles. The molecule has 2 rings (SSSR count). The predicted octanol–water partition coefficient (Wildman–Crippen LogP) is 1.66. The molecule has 5 N–H and O–H groups in total. The van der Waals surface area contributed by atoms with Crippen LogP contribution in [0.1, 0.15) is 10.5 Å². The molecule has 0 unspecified atom stereocenters. The molecule has 7 nitrogen and oxygen atoms in total. The Balaban J connectivity index is 2.04. The molecule has 0 atom stereocenters. The summed E-state index contributed by atoms with van der Waals surface area (Å²) in [7, 11) is 1.55. The average Bonchev–Trinajstić information content (AvgIpc) is 2.88.